The lowest BCUT2D eigenvalue weighted by molar-refractivity contribution is 0.0173. The van der Waals surface area contributed by atoms with Crippen LogP contribution in [0.2, 0.25) is 5.02 Å². The van der Waals surface area contributed by atoms with Gasteiger partial charge < -0.3 is 9.47 Å². The van der Waals surface area contributed by atoms with Gasteiger partial charge in [-0.3, -0.25) is 4.90 Å². The average Bonchev–Trinajstić information content (AvgIpc) is 3.17. The van der Waals surface area contributed by atoms with Gasteiger partial charge in [-0.05, 0) is 40.6 Å². The van der Waals surface area contributed by atoms with Crippen molar-refractivity contribution in [3.63, 3.8) is 0 Å². The summed E-state index contributed by atoms with van der Waals surface area (Å²) in [6, 6.07) is 6.44. The van der Waals surface area contributed by atoms with Crippen LogP contribution < -0.4 is 9.46 Å². The quantitative estimate of drug-likeness (QED) is 0.751. The number of ether oxygens (including phenoxy) is 2. The number of benzene rings is 1. The van der Waals surface area contributed by atoms with Crippen molar-refractivity contribution in [2.75, 3.05) is 40.0 Å². The number of methoxy groups -OCH3 is 1. The summed E-state index contributed by atoms with van der Waals surface area (Å²) in [5.74, 6) is 0.440. The molecule has 1 aromatic heterocycles. The Labute approximate surface area is 162 Å². The van der Waals surface area contributed by atoms with Gasteiger partial charge in [0.25, 0.3) is 0 Å². The topological polar surface area (TPSA) is 67.9 Å². The van der Waals surface area contributed by atoms with Crippen LogP contribution in [0.3, 0.4) is 0 Å². The molecule has 1 saturated heterocycles. The van der Waals surface area contributed by atoms with Gasteiger partial charge in [0, 0.05) is 25.7 Å². The van der Waals surface area contributed by atoms with Crippen molar-refractivity contribution in [3.05, 3.63) is 45.6 Å². The molecule has 0 saturated carbocycles. The van der Waals surface area contributed by atoms with Crippen LogP contribution in [0.5, 0.6) is 5.75 Å². The predicted molar refractivity (Wildman–Crippen MR) is 103 cm³/mol. The second-order valence-electron chi connectivity index (χ2n) is 5.87. The number of halogens is 1. The minimum atomic E-state index is -3.68. The van der Waals surface area contributed by atoms with E-state index in [1.807, 2.05) is 11.4 Å². The zero-order valence-electron chi connectivity index (χ0n) is 14.4. The third-order valence-corrected chi connectivity index (χ3v) is 6.73. The predicted octanol–water partition coefficient (Wildman–Crippen LogP) is 2.76. The molecular formula is C17H21ClN2O4S2. The lowest BCUT2D eigenvalue weighted by Gasteiger charge is -2.34. The molecule has 142 valence electrons. The summed E-state index contributed by atoms with van der Waals surface area (Å²) in [5.41, 5.74) is 1.10. The van der Waals surface area contributed by atoms with E-state index in [-0.39, 0.29) is 22.5 Å². The third kappa shape index (κ3) is 4.57. The van der Waals surface area contributed by atoms with Crippen molar-refractivity contribution >= 4 is 33.0 Å². The summed E-state index contributed by atoms with van der Waals surface area (Å²) in [7, 11) is -2.19. The average molecular weight is 417 g/mol. The highest BCUT2D eigenvalue weighted by atomic mass is 35.5. The van der Waals surface area contributed by atoms with Crippen LogP contribution >= 0.6 is 22.9 Å². The molecule has 2 aromatic rings. The Morgan fingerprint density at radius 3 is 2.73 bits per heavy atom. The van der Waals surface area contributed by atoms with E-state index < -0.39 is 10.0 Å². The highest BCUT2D eigenvalue weighted by molar-refractivity contribution is 7.89. The van der Waals surface area contributed by atoms with Crippen LogP contribution in [0.15, 0.2) is 39.9 Å². The van der Waals surface area contributed by atoms with Crippen molar-refractivity contribution in [1.82, 2.24) is 9.62 Å². The van der Waals surface area contributed by atoms with Crippen molar-refractivity contribution in [2.24, 2.45) is 0 Å². The van der Waals surface area contributed by atoms with E-state index in [1.54, 1.807) is 17.4 Å². The third-order valence-electron chi connectivity index (χ3n) is 4.31. The first-order chi connectivity index (χ1) is 12.5. The Morgan fingerprint density at radius 2 is 2.12 bits per heavy atom. The fourth-order valence-electron chi connectivity index (χ4n) is 2.90. The molecule has 0 aliphatic carbocycles. The molecule has 1 unspecified atom stereocenters. The molecule has 0 amide bonds. The molecule has 3 rings (SSSR count). The van der Waals surface area contributed by atoms with Crippen LogP contribution in [-0.2, 0) is 14.8 Å². The lowest BCUT2D eigenvalue weighted by Crippen LogP contribution is -2.43. The molecule has 1 N–H and O–H groups in total. The van der Waals surface area contributed by atoms with E-state index in [1.165, 1.54) is 19.2 Å². The molecule has 0 bridgehead atoms. The number of morpholine rings is 1. The van der Waals surface area contributed by atoms with E-state index in [0.717, 1.165) is 18.7 Å². The summed E-state index contributed by atoms with van der Waals surface area (Å²) >= 11 is 7.66. The van der Waals surface area contributed by atoms with E-state index in [4.69, 9.17) is 21.1 Å². The van der Waals surface area contributed by atoms with E-state index in [0.29, 0.717) is 19.0 Å². The molecule has 2 heterocycles. The first-order valence-electron chi connectivity index (χ1n) is 8.18. The minimum absolute atomic E-state index is 0.0337. The fourth-order valence-corrected chi connectivity index (χ4v) is 4.99. The van der Waals surface area contributed by atoms with Gasteiger partial charge in [-0.1, -0.05) is 11.6 Å². The molecule has 0 radical (unpaired) electrons. The van der Waals surface area contributed by atoms with Gasteiger partial charge in [0.05, 0.1) is 30.2 Å². The summed E-state index contributed by atoms with van der Waals surface area (Å²) in [6.07, 6.45) is 0. The second kappa shape index (κ2) is 8.69. The van der Waals surface area contributed by atoms with Gasteiger partial charge in [-0.2, -0.15) is 11.3 Å². The van der Waals surface area contributed by atoms with E-state index in [9.17, 15) is 8.42 Å². The minimum Gasteiger partial charge on any atom is -0.495 e. The SMILES string of the molecule is COc1ccc(S(=O)(=O)NCC(c2ccsc2)N2CCOCC2)cc1Cl. The number of thiophene rings is 1. The van der Waals surface area contributed by atoms with Gasteiger partial charge in [0.15, 0.2) is 0 Å². The monoisotopic (exact) mass is 416 g/mol. The maximum Gasteiger partial charge on any atom is 0.240 e. The summed E-state index contributed by atoms with van der Waals surface area (Å²) in [4.78, 5) is 2.36. The zero-order chi connectivity index (χ0) is 18.6. The first kappa shape index (κ1) is 19.6. The normalized spacial score (nSPS) is 17.2. The van der Waals surface area contributed by atoms with Gasteiger partial charge in [0.1, 0.15) is 5.75 Å². The highest BCUT2D eigenvalue weighted by Gasteiger charge is 2.25. The molecule has 9 heteroatoms. The van der Waals surface area contributed by atoms with Crippen LogP contribution in [0.25, 0.3) is 0 Å². The molecule has 1 aromatic carbocycles. The van der Waals surface area contributed by atoms with Crippen molar-refractivity contribution in [3.8, 4) is 5.75 Å². The maximum absolute atomic E-state index is 12.7. The van der Waals surface area contributed by atoms with Crippen molar-refractivity contribution in [2.45, 2.75) is 10.9 Å². The number of hydrogen-bond acceptors (Lipinski definition) is 6. The Bertz CT molecular complexity index is 821. The molecule has 1 aliphatic heterocycles. The Balaban J connectivity index is 1.76. The number of sulfonamides is 1. The molecule has 0 spiro atoms. The van der Waals surface area contributed by atoms with Crippen molar-refractivity contribution in [1.29, 1.82) is 0 Å². The summed E-state index contributed by atoms with van der Waals surface area (Å²) in [6.45, 7) is 3.14. The van der Waals surface area contributed by atoms with Gasteiger partial charge >= 0.3 is 0 Å². The molecule has 6 nitrogen and oxygen atoms in total. The largest absolute Gasteiger partial charge is 0.495 e. The number of nitrogens with zero attached hydrogens (tertiary/aromatic N) is 1. The highest BCUT2D eigenvalue weighted by Crippen LogP contribution is 2.28. The van der Waals surface area contributed by atoms with E-state index in [2.05, 4.69) is 15.0 Å². The van der Waals surface area contributed by atoms with Crippen LogP contribution in [0, 0.1) is 0 Å². The second-order valence-corrected chi connectivity index (χ2v) is 8.82. The number of hydrogen-bond donors (Lipinski definition) is 1. The Hall–Kier alpha value is -1.16. The van der Waals surface area contributed by atoms with Crippen LogP contribution in [0.4, 0.5) is 0 Å². The van der Waals surface area contributed by atoms with Crippen LogP contribution in [-0.4, -0.2) is 53.3 Å². The van der Waals surface area contributed by atoms with Crippen LogP contribution in [0.1, 0.15) is 11.6 Å². The lowest BCUT2D eigenvalue weighted by atomic mass is 10.1. The number of nitrogens with one attached hydrogen (secondary N) is 1. The summed E-state index contributed by atoms with van der Waals surface area (Å²) < 4.78 is 38.6. The van der Waals surface area contributed by atoms with E-state index >= 15 is 0 Å². The number of rotatable bonds is 7. The van der Waals surface area contributed by atoms with Gasteiger partial charge in [-0.25, -0.2) is 13.1 Å². The molecule has 1 atom stereocenters. The summed E-state index contributed by atoms with van der Waals surface area (Å²) in [5, 5.41) is 4.32. The Morgan fingerprint density at radius 1 is 1.35 bits per heavy atom. The Kier molecular flexibility index (Phi) is 6.55. The zero-order valence-corrected chi connectivity index (χ0v) is 16.7. The fraction of sp³-hybridized carbons (Fsp3) is 0.412. The molecular weight excluding hydrogens is 396 g/mol. The smallest absolute Gasteiger partial charge is 0.240 e. The molecule has 26 heavy (non-hydrogen) atoms. The van der Waals surface area contributed by atoms with Gasteiger partial charge in [-0.15, -0.1) is 0 Å². The molecule has 1 aliphatic rings. The van der Waals surface area contributed by atoms with Crippen molar-refractivity contribution < 1.29 is 17.9 Å². The first-order valence-corrected chi connectivity index (χ1v) is 11.0. The van der Waals surface area contributed by atoms with Gasteiger partial charge in [0.2, 0.25) is 10.0 Å². The maximum atomic E-state index is 12.7. The molecule has 1 fully saturated rings. The standard InChI is InChI=1S/C17H21ClN2O4S2/c1-23-17-3-2-14(10-15(17)18)26(21,22)19-11-16(13-4-9-25-12-13)20-5-7-24-8-6-20/h2-4,9-10,12,16,19H,5-8,11H2,1H3.